The van der Waals surface area contributed by atoms with Gasteiger partial charge in [-0.15, -0.1) is 5.10 Å². The molecule has 0 radical (unpaired) electrons. The molecule has 0 saturated heterocycles. The number of rotatable bonds is 2. The van der Waals surface area contributed by atoms with Crippen LogP contribution >= 0.6 is 0 Å². The third-order valence-corrected chi connectivity index (χ3v) is 2.83. The molecule has 1 aromatic carbocycles. The number of benzene rings is 1. The van der Waals surface area contributed by atoms with E-state index in [2.05, 4.69) is 21.1 Å². The summed E-state index contributed by atoms with van der Waals surface area (Å²) in [6.07, 6.45) is 1.65. The van der Waals surface area contributed by atoms with Gasteiger partial charge in [-0.2, -0.15) is 0 Å². The zero-order valence-electron chi connectivity index (χ0n) is 10.0. The Bertz CT molecular complexity index is 701. The van der Waals surface area contributed by atoms with Crippen molar-refractivity contribution in [2.45, 2.75) is 13.5 Å². The highest BCUT2D eigenvalue weighted by Crippen LogP contribution is 2.18. The minimum absolute atomic E-state index is 0.333. The molecule has 3 rings (SSSR count). The predicted octanol–water partition coefficient (Wildman–Crippen LogP) is 1.58. The van der Waals surface area contributed by atoms with Crippen molar-refractivity contribution in [2.75, 3.05) is 0 Å². The average molecular weight is 239 g/mol. The third-order valence-electron chi connectivity index (χ3n) is 2.83. The SMILES string of the molecule is Cc1cc2ccccc2nc1-n1cnc(CN)n1. The maximum absolute atomic E-state index is 5.51. The first kappa shape index (κ1) is 10.9. The molecular weight excluding hydrogens is 226 g/mol. The van der Waals surface area contributed by atoms with Gasteiger partial charge in [0.1, 0.15) is 6.33 Å². The lowest BCUT2D eigenvalue weighted by molar-refractivity contribution is 0.807. The van der Waals surface area contributed by atoms with E-state index in [-0.39, 0.29) is 0 Å². The first-order valence-corrected chi connectivity index (χ1v) is 5.75. The maximum Gasteiger partial charge on any atom is 0.164 e. The number of para-hydroxylation sites is 1. The van der Waals surface area contributed by atoms with Crippen LogP contribution in [-0.4, -0.2) is 19.7 Å². The summed E-state index contributed by atoms with van der Waals surface area (Å²) < 4.78 is 1.67. The molecule has 0 aliphatic heterocycles. The standard InChI is InChI=1S/C13H13N5/c1-9-6-10-4-2-3-5-11(10)16-13(9)18-8-15-12(7-14)17-18/h2-6,8H,7,14H2,1H3. The van der Waals surface area contributed by atoms with Crippen LogP contribution in [0, 0.1) is 6.92 Å². The van der Waals surface area contributed by atoms with E-state index >= 15 is 0 Å². The second-order valence-corrected chi connectivity index (χ2v) is 4.13. The zero-order valence-corrected chi connectivity index (χ0v) is 10.0. The van der Waals surface area contributed by atoms with Crippen molar-refractivity contribution in [1.82, 2.24) is 19.7 Å². The molecule has 5 heteroatoms. The summed E-state index contributed by atoms with van der Waals surface area (Å²) >= 11 is 0. The van der Waals surface area contributed by atoms with Gasteiger partial charge in [0, 0.05) is 5.39 Å². The number of pyridine rings is 1. The second-order valence-electron chi connectivity index (χ2n) is 4.13. The number of aromatic nitrogens is 4. The van der Waals surface area contributed by atoms with Gasteiger partial charge in [0.05, 0.1) is 12.1 Å². The molecule has 0 saturated carbocycles. The molecule has 90 valence electrons. The fourth-order valence-electron chi connectivity index (χ4n) is 1.94. The summed E-state index contributed by atoms with van der Waals surface area (Å²) in [4.78, 5) is 8.73. The van der Waals surface area contributed by atoms with Crippen LogP contribution in [0.25, 0.3) is 16.7 Å². The molecule has 2 N–H and O–H groups in total. The molecule has 0 fully saturated rings. The first-order chi connectivity index (χ1) is 8.78. The van der Waals surface area contributed by atoms with E-state index in [1.54, 1.807) is 11.0 Å². The van der Waals surface area contributed by atoms with Gasteiger partial charge < -0.3 is 5.73 Å². The Balaban J connectivity index is 2.19. The van der Waals surface area contributed by atoms with Gasteiger partial charge in [-0.3, -0.25) is 0 Å². The van der Waals surface area contributed by atoms with Crippen molar-refractivity contribution in [1.29, 1.82) is 0 Å². The lowest BCUT2D eigenvalue weighted by atomic mass is 10.1. The molecular formula is C13H13N5. The van der Waals surface area contributed by atoms with Crippen LogP contribution < -0.4 is 5.73 Å². The van der Waals surface area contributed by atoms with Gasteiger partial charge in [-0.05, 0) is 24.6 Å². The normalized spacial score (nSPS) is 11.0. The fourth-order valence-corrected chi connectivity index (χ4v) is 1.94. The van der Waals surface area contributed by atoms with Crippen molar-refractivity contribution in [3.8, 4) is 5.82 Å². The molecule has 3 aromatic rings. The van der Waals surface area contributed by atoms with Crippen molar-refractivity contribution in [2.24, 2.45) is 5.73 Å². The molecule has 0 aliphatic carbocycles. The quantitative estimate of drug-likeness (QED) is 0.737. The minimum atomic E-state index is 0.333. The van der Waals surface area contributed by atoms with Crippen LogP contribution in [0.1, 0.15) is 11.4 Å². The van der Waals surface area contributed by atoms with Gasteiger partial charge in [-0.25, -0.2) is 14.6 Å². The summed E-state index contributed by atoms with van der Waals surface area (Å²) in [6, 6.07) is 10.1. The highest BCUT2D eigenvalue weighted by molar-refractivity contribution is 5.80. The van der Waals surface area contributed by atoms with Crippen LogP contribution in [0.3, 0.4) is 0 Å². The van der Waals surface area contributed by atoms with Crippen LogP contribution in [-0.2, 0) is 6.54 Å². The lowest BCUT2D eigenvalue weighted by Crippen LogP contribution is -2.04. The predicted molar refractivity (Wildman–Crippen MR) is 69.3 cm³/mol. The Labute approximate surface area is 104 Å². The molecule has 0 unspecified atom stereocenters. The molecule has 0 amide bonds. The van der Waals surface area contributed by atoms with Crippen molar-refractivity contribution in [3.05, 3.63) is 48.0 Å². The van der Waals surface area contributed by atoms with Crippen LogP contribution in [0.2, 0.25) is 0 Å². The van der Waals surface area contributed by atoms with Gasteiger partial charge >= 0.3 is 0 Å². The van der Waals surface area contributed by atoms with Gasteiger partial charge in [0.25, 0.3) is 0 Å². The molecule has 18 heavy (non-hydrogen) atoms. The summed E-state index contributed by atoms with van der Waals surface area (Å²) in [5.41, 5.74) is 7.52. The topological polar surface area (TPSA) is 69.6 Å². The van der Waals surface area contributed by atoms with Gasteiger partial charge in [-0.1, -0.05) is 18.2 Å². The molecule has 0 bridgehead atoms. The Hall–Kier alpha value is -2.27. The van der Waals surface area contributed by atoms with E-state index in [0.717, 1.165) is 22.3 Å². The summed E-state index contributed by atoms with van der Waals surface area (Å²) in [5.74, 6) is 1.41. The highest BCUT2D eigenvalue weighted by atomic mass is 15.4. The van der Waals surface area contributed by atoms with E-state index in [1.807, 2.05) is 31.2 Å². The largest absolute Gasteiger partial charge is 0.324 e. The van der Waals surface area contributed by atoms with E-state index in [9.17, 15) is 0 Å². The number of aryl methyl sites for hydroxylation is 1. The molecule has 2 aromatic heterocycles. The minimum Gasteiger partial charge on any atom is -0.324 e. The molecule has 2 heterocycles. The van der Waals surface area contributed by atoms with Crippen molar-refractivity contribution >= 4 is 10.9 Å². The number of nitrogens with zero attached hydrogens (tertiary/aromatic N) is 4. The second kappa shape index (κ2) is 4.19. The molecule has 0 atom stereocenters. The number of nitrogens with two attached hydrogens (primary N) is 1. The molecule has 0 spiro atoms. The zero-order chi connectivity index (χ0) is 12.5. The summed E-state index contributed by atoms with van der Waals surface area (Å²) in [5, 5.41) is 5.41. The maximum atomic E-state index is 5.51. The van der Waals surface area contributed by atoms with Gasteiger partial charge in [0.15, 0.2) is 11.6 Å². The first-order valence-electron chi connectivity index (χ1n) is 5.75. The Kier molecular flexibility index (Phi) is 2.53. The van der Waals surface area contributed by atoms with Crippen molar-refractivity contribution in [3.63, 3.8) is 0 Å². The monoisotopic (exact) mass is 239 g/mol. The summed E-state index contributed by atoms with van der Waals surface area (Å²) in [6.45, 7) is 2.35. The fraction of sp³-hybridized carbons (Fsp3) is 0.154. The Morgan fingerprint density at radius 3 is 2.89 bits per heavy atom. The number of hydrogen-bond acceptors (Lipinski definition) is 4. The van der Waals surface area contributed by atoms with Crippen LogP contribution in [0.5, 0.6) is 0 Å². The van der Waals surface area contributed by atoms with E-state index < -0.39 is 0 Å². The van der Waals surface area contributed by atoms with Crippen LogP contribution in [0.4, 0.5) is 0 Å². The van der Waals surface area contributed by atoms with Crippen molar-refractivity contribution < 1.29 is 0 Å². The Morgan fingerprint density at radius 1 is 1.28 bits per heavy atom. The average Bonchev–Trinajstić information content (AvgIpc) is 2.86. The van der Waals surface area contributed by atoms with E-state index in [4.69, 9.17) is 5.73 Å². The molecule has 0 aliphatic rings. The van der Waals surface area contributed by atoms with E-state index in [1.165, 1.54) is 0 Å². The summed E-state index contributed by atoms with van der Waals surface area (Å²) in [7, 11) is 0. The lowest BCUT2D eigenvalue weighted by Gasteiger charge is -2.06. The van der Waals surface area contributed by atoms with E-state index in [0.29, 0.717) is 12.4 Å². The highest BCUT2D eigenvalue weighted by Gasteiger charge is 2.07. The number of hydrogen-bond donors (Lipinski definition) is 1. The third kappa shape index (κ3) is 1.74. The van der Waals surface area contributed by atoms with Gasteiger partial charge in [0.2, 0.25) is 0 Å². The molecule has 5 nitrogen and oxygen atoms in total. The number of fused-ring (bicyclic) bond motifs is 1. The smallest absolute Gasteiger partial charge is 0.164 e. The van der Waals surface area contributed by atoms with Crippen LogP contribution in [0.15, 0.2) is 36.7 Å². The Morgan fingerprint density at radius 2 is 2.11 bits per heavy atom.